The van der Waals surface area contributed by atoms with Crippen LogP contribution >= 0.6 is 0 Å². The number of aryl methyl sites for hydroxylation is 1. The second-order valence-corrected chi connectivity index (χ2v) is 5.12. The SMILES string of the molecule is CCCOc1cccc(C(Cc2cn(C)nn2)NCC)c1. The Labute approximate surface area is 126 Å². The molecule has 0 aliphatic heterocycles. The minimum atomic E-state index is 0.219. The summed E-state index contributed by atoms with van der Waals surface area (Å²) in [5, 5.41) is 11.7. The van der Waals surface area contributed by atoms with E-state index in [1.807, 2.05) is 25.4 Å². The van der Waals surface area contributed by atoms with Crippen molar-refractivity contribution in [2.24, 2.45) is 7.05 Å². The molecule has 1 atom stereocenters. The predicted octanol–water partition coefficient (Wildman–Crippen LogP) is 2.50. The van der Waals surface area contributed by atoms with Gasteiger partial charge >= 0.3 is 0 Å². The topological polar surface area (TPSA) is 52.0 Å². The number of ether oxygens (including phenoxy) is 1. The summed E-state index contributed by atoms with van der Waals surface area (Å²) in [6.45, 7) is 5.88. The van der Waals surface area contributed by atoms with E-state index in [0.717, 1.165) is 37.4 Å². The lowest BCUT2D eigenvalue weighted by Gasteiger charge is -2.18. The number of benzene rings is 1. The minimum absolute atomic E-state index is 0.219. The molecule has 0 saturated heterocycles. The van der Waals surface area contributed by atoms with Gasteiger partial charge in [0.25, 0.3) is 0 Å². The highest BCUT2D eigenvalue weighted by Gasteiger charge is 2.14. The van der Waals surface area contributed by atoms with Crippen LogP contribution in [0.3, 0.4) is 0 Å². The van der Waals surface area contributed by atoms with Crippen molar-refractivity contribution in [3.05, 3.63) is 41.7 Å². The number of nitrogens with zero attached hydrogens (tertiary/aromatic N) is 3. The fourth-order valence-corrected chi connectivity index (χ4v) is 2.29. The highest BCUT2D eigenvalue weighted by Crippen LogP contribution is 2.22. The molecule has 0 saturated carbocycles. The number of hydrogen-bond donors (Lipinski definition) is 1. The van der Waals surface area contributed by atoms with Crippen LogP contribution in [0.5, 0.6) is 5.75 Å². The van der Waals surface area contributed by atoms with Gasteiger partial charge in [0.15, 0.2) is 0 Å². The standard InChI is InChI=1S/C16H24N4O/c1-4-9-21-15-8-6-7-13(10-15)16(17-5-2)11-14-12-20(3)19-18-14/h6-8,10,12,16-17H,4-5,9,11H2,1-3H3. The van der Waals surface area contributed by atoms with Crippen LogP contribution < -0.4 is 10.1 Å². The van der Waals surface area contributed by atoms with Crippen LogP contribution in [0.4, 0.5) is 0 Å². The molecule has 0 aliphatic rings. The summed E-state index contributed by atoms with van der Waals surface area (Å²) in [7, 11) is 1.89. The maximum atomic E-state index is 5.72. The van der Waals surface area contributed by atoms with Crippen molar-refractivity contribution in [3.63, 3.8) is 0 Å². The fraction of sp³-hybridized carbons (Fsp3) is 0.500. The van der Waals surface area contributed by atoms with Gasteiger partial charge < -0.3 is 10.1 Å². The van der Waals surface area contributed by atoms with Gasteiger partial charge in [-0.05, 0) is 30.7 Å². The summed E-state index contributed by atoms with van der Waals surface area (Å²) in [5.74, 6) is 0.927. The van der Waals surface area contributed by atoms with Crippen molar-refractivity contribution in [2.75, 3.05) is 13.2 Å². The van der Waals surface area contributed by atoms with Crippen LogP contribution in [0, 0.1) is 0 Å². The van der Waals surface area contributed by atoms with Gasteiger partial charge in [0.05, 0.1) is 12.3 Å². The van der Waals surface area contributed by atoms with Crippen LogP contribution in [0.2, 0.25) is 0 Å². The number of nitrogens with one attached hydrogen (secondary N) is 1. The van der Waals surface area contributed by atoms with E-state index in [2.05, 4.69) is 41.6 Å². The Morgan fingerprint density at radius 2 is 2.19 bits per heavy atom. The van der Waals surface area contributed by atoms with E-state index < -0.39 is 0 Å². The quantitative estimate of drug-likeness (QED) is 0.811. The third kappa shape index (κ3) is 4.56. The van der Waals surface area contributed by atoms with E-state index in [9.17, 15) is 0 Å². The molecule has 0 amide bonds. The molecule has 1 heterocycles. The maximum absolute atomic E-state index is 5.72. The first-order chi connectivity index (χ1) is 10.2. The van der Waals surface area contributed by atoms with Crippen LogP contribution in [0.1, 0.15) is 37.6 Å². The molecule has 0 spiro atoms. The Morgan fingerprint density at radius 1 is 1.33 bits per heavy atom. The number of aromatic nitrogens is 3. The van der Waals surface area contributed by atoms with Crippen molar-refractivity contribution >= 4 is 0 Å². The second kappa shape index (κ2) is 7.78. The molecule has 1 unspecified atom stereocenters. The molecule has 5 heteroatoms. The van der Waals surface area contributed by atoms with Gasteiger partial charge in [0, 0.05) is 25.7 Å². The van der Waals surface area contributed by atoms with Crippen molar-refractivity contribution in [1.29, 1.82) is 0 Å². The summed E-state index contributed by atoms with van der Waals surface area (Å²) in [6.07, 6.45) is 3.79. The molecule has 2 aromatic rings. The molecule has 114 valence electrons. The van der Waals surface area contributed by atoms with E-state index in [-0.39, 0.29) is 6.04 Å². The van der Waals surface area contributed by atoms with Crippen LogP contribution in [-0.2, 0) is 13.5 Å². The zero-order valence-electron chi connectivity index (χ0n) is 13.0. The minimum Gasteiger partial charge on any atom is -0.494 e. The smallest absolute Gasteiger partial charge is 0.119 e. The average Bonchev–Trinajstić information content (AvgIpc) is 2.90. The summed E-state index contributed by atoms with van der Waals surface area (Å²) < 4.78 is 7.45. The van der Waals surface area contributed by atoms with E-state index in [1.165, 1.54) is 5.56 Å². The van der Waals surface area contributed by atoms with Gasteiger partial charge in [-0.15, -0.1) is 5.10 Å². The summed E-state index contributed by atoms with van der Waals surface area (Å²) >= 11 is 0. The Kier molecular flexibility index (Phi) is 5.75. The molecule has 0 bridgehead atoms. The largest absolute Gasteiger partial charge is 0.494 e. The molecule has 21 heavy (non-hydrogen) atoms. The predicted molar refractivity (Wildman–Crippen MR) is 83.4 cm³/mol. The van der Waals surface area contributed by atoms with Gasteiger partial charge in [0.1, 0.15) is 5.75 Å². The first kappa shape index (κ1) is 15.5. The lowest BCUT2D eigenvalue weighted by Crippen LogP contribution is -2.23. The average molecular weight is 288 g/mol. The molecule has 0 fully saturated rings. The molecule has 2 rings (SSSR count). The number of likely N-dealkylation sites (N-methyl/N-ethyl adjacent to an activating group) is 1. The normalized spacial score (nSPS) is 12.3. The Hall–Kier alpha value is -1.88. The lowest BCUT2D eigenvalue weighted by atomic mass is 10.0. The first-order valence-electron chi connectivity index (χ1n) is 7.54. The van der Waals surface area contributed by atoms with E-state index in [4.69, 9.17) is 4.74 Å². The third-order valence-corrected chi connectivity index (χ3v) is 3.25. The highest BCUT2D eigenvalue weighted by molar-refractivity contribution is 5.31. The van der Waals surface area contributed by atoms with Gasteiger partial charge in [-0.2, -0.15) is 0 Å². The second-order valence-electron chi connectivity index (χ2n) is 5.12. The number of rotatable bonds is 8. The zero-order chi connectivity index (χ0) is 15.1. The molecule has 0 radical (unpaired) electrons. The van der Waals surface area contributed by atoms with Crippen molar-refractivity contribution in [2.45, 2.75) is 32.7 Å². The van der Waals surface area contributed by atoms with E-state index >= 15 is 0 Å². The molecular formula is C16H24N4O. The number of hydrogen-bond acceptors (Lipinski definition) is 4. The Bertz CT molecular complexity index is 553. The van der Waals surface area contributed by atoms with Crippen LogP contribution in [0.25, 0.3) is 0 Å². The van der Waals surface area contributed by atoms with Gasteiger partial charge in [-0.25, -0.2) is 0 Å². The Morgan fingerprint density at radius 3 is 2.86 bits per heavy atom. The summed E-state index contributed by atoms with van der Waals surface area (Å²) in [4.78, 5) is 0. The Balaban J connectivity index is 2.13. The van der Waals surface area contributed by atoms with Crippen LogP contribution in [-0.4, -0.2) is 28.1 Å². The van der Waals surface area contributed by atoms with Crippen molar-refractivity contribution in [1.82, 2.24) is 20.3 Å². The lowest BCUT2D eigenvalue weighted by molar-refractivity contribution is 0.316. The van der Waals surface area contributed by atoms with Gasteiger partial charge in [0.2, 0.25) is 0 Å². The molecule has 1 aromatic carbocycles. The first-order valence-corrected chi connectivity index (χ1v) is 7.54. The molecule has 5 nitrogen and oxygen atoms in total. The maximum Gasteiger partial charge on any atom is 0.119 e. The van der Waals surface area contributed by atoms with Gasteiger partial charge in [-0.1, -0.05) is 31.2 Å². The zero-order valence-corrected chi connectivity index (χ0v) is 13.0. The van der Waals surface area contributed by atoms with E-state index in [1.54, 1.807) is 4.68 Å². The van der Waals surface area contributed by atoms with Crippen molar-refractivity contribution in [3.8, 4) is 5.75 Å². The third-order valence-electron chi connectivity index (χ3n) is 3.25. The highest BCUT2D eigenvalue weighted by atomic mass is 16.5. The monoisotopic (exact) mass is 288 g/mol. The molecule has 1 N–H and O–H groups in total. The molecule has 0 aliphatic carbocycles. The van der Waals surface area contributed by atoms with E-state index in [0.29, 0.717) is 0 Å². The molecule has 1 aromatic heterocycles. The summed E-state index contributed by atoms with van der Waals surface area (Å²) in [6, 6.07) is 8.50. The van der Waals surface area contributed by atoms with Crippen molar-refractivity contribution < 1.29 is 4.74 Å². The summed E-state index contributed by atoms with van der Waals surface area (Å²) in [5.41, 5.74) is 2.21. The fourth-order valence-electron chi connectivity index (χ4n) is 2.29. The van der Waals surface area contributed by atoms with Gasteiger partial charge in [-0.3, -0.25) is 4.68 Å². The van der Waals surface area contributed by atoms with Crippen LogP contribution in [0.15, 0.2) is 30.5 Å². The molecular weight excluding hydrogens is 264 g/mol.